The molecule has 0 fully saturated rings. The molecule has 0 aromatic heterocycles. The molecule has 0 saturated carbocycles. The fourth-order valence-electron chi connectivity index (χ4n) is 0.0645. The second-order valence-electron chi connectivity index (χ2n) is 0.591. The minimum atomic E-state index is 0.611. The van der Waals surface area contributed by atoms with Gasteiger partial charge in [0.1, 0.15) is 0 Å². The Bertz CT molecular complexity index is 45.3. The molecule has 0 saturated heterocycles. The maximum absolute atomic E-state index is 7.80. The summed E-state index contributed by atoms with van der Waals surface area (Å²) >= 11 is 1.54. The largest absolute Gasteiger partial charge is 0.197 e. The highest BCUT2D eigenvalue weighted by atomic mass is 32.2. The van der Waals surface area contributed by atoms with Crippen molar-refractivity contribution >= 4 is 11.8 Å². The molecule has 28 valence electrons. The van der Waals surface area contributed by atoms with E-state index in [0.717, 1.165) is 0 Å². The predicted molar refractivity (Wildman–Crippen MR) is 24.0 cm³/mol. The van der Waals surface area contributed by atoms with Crippen LogP contribution < -0.4 is 0 Å². The lowest BCUT2D eigenvalue weighted by atomic mass is 10.9. The SMILES string of the molecule is CSCC#N. The molecule has 0 aromatic rings. The van der Waals surface area contributed by atoms with Gasteiger partial charge in [-0.05, 0) is 6.26 Å². The van der Waals surface area contributed by atoms with Crippen molar-refractivity contribution in [2.45, 2.75) is 0 Å². The third-order valence-corrected chi connectivity index (χ3v) is 0.627. The molecule has 0 spiro atoms. The van der Waals surface area contributed by atoms with Crippen molar-refractivity contribution in [2.24, 2.45) is 0 Å². The Hall–Kier alpha value is -0.160. The Morgan fingerprint density at radius 1 is 2.00 bits per heavy atom. The number of nitrogens with zero attached hydrogens (tertiary/aromatic N) is 1. The van der Waals surface area contributed by atoms with E-state index >= 15 is 0 Å². The standard InChI is InChI=1S/C3H5NS/c1-5-3-2-4/h3H2,1H3. The maximum atomic E-state index is 7.80. The highest BCUT2D eigenvalue weighted by Crippen LogP contribution is 1.84. The number of rotatable bonds is 1. The Labute approximate surface area is 36.0 Å². The van der Waals surface area contributed by atoms with Gasteiger partial charge in [0.2, 0.25) is 0 Å². The topological polar surface area (TPSA) is 23.8 Å². The van der Waals surface area contributed by atoms with Crippen molar-refractivity contribution in [1.29, 1.82) is 5.26 Å². The van der Waals surface area contributed by atoms with Crippen molar-refractivity contribution < 1.29 is 0 Å². The Morgan fingerprint density at radius 2 is 2.60 bits per heavy atom. The summed E-state index contributed by atoms with van der Waals surface area (Å²) in [5.41, 5.74) is 0. The molecule has 0 aliphatic carbocycles. The van der Waals surface area contributed by atoms with Gasteiger partial charge in [0.25, 0.3) is 0 Å². The summed E-state index contributed by atoms with van der Waals surface area (Å²) in [6.07, 6.45) is 1.91. The molecule has 0 aromatic carbocycles. The molecule has 0 atom stereocenters. The molecule has 0 bridgehead atoms. The summed E-state index contributed by atoms with van der Waals surface area (Å²) in [5.74, 6) is 0.611. The molecule has 0 radical (unpaired) electrons. The summed E-state index contributed by atoms with van der Waals surface area (Å²) in [6, 6.07) is 1.98. The number of thioether (sulfide) groups is 1. The van der Waals surface area contributed by atoms with Crippen LogP contribution in [-0.2, 0) is 0 Å². The van der Waals surface area contributed by atoms with E-state index < -0.39 is 0 Å². The normalized spacial score (nSPS) is 6.40. The second kappa shape index (κ2) is 3.84. The molecular formula is C3H5NS. The van der Waals surface area contributed by atoms with E-state index in [9.17, 15) is 0 Å². The van der Waals surface area contributed by atoms with E-state index in [1.165, 1.54) is 0 Å². The molecule has 0 unspecified atom stereocenters. The quantitative estimate of drug-likeness (QED) is 0.474. The van der Waals surface area contributed by atoms with Gasteiger partial charge in [-0.25, -0.2) is 0 Å². The van der Waals surface area contributed by atoms with Gasteiger partial charge in [-0.15, -0.1) is 0 Å². The molecule has 5 heavy (non-hydrogen) atoms. The van der Waals surface area contributed by atoms with Crippen LogP contribution in [0.1, 0.15) is 0 Å². The van der Waals surface area contributed by atoms with Gasteiger partial charge in [0.05, 0.1) is 11.8 Å². The first kappa shape index (κ1) is 4.84. The van der Waals surface area contributed by atoms with Crippen molar-refractivity contribution in [3.8, 4) is 6.07 Å². The van der Waals surface area contributed by atoms with E-state index in [4.69, 9.17) is 5.26 Å². The van der Waals surface area contributed by atoms with E-state index in [1.54, 1.807) is 11.8 Å². The summed E-state index contributed by atoms with van der Waals surface area (Å²) in [4.78, 5) is 0. The van der Waals surface area contributed by atoms with Crippen LogP contribution in [0.2, 0.25) is 0 Å². The fraction of sp³-hybridized carbons (Fsp3) is 0.667. The van der Waals surface area contributed by atoms with E-state index in [2.05, 4.69) is 0 Å². The molecule has 0 amide bonds. The monoisotopic (exact) mass is 87.0 g/mol. The van der Waals surface area contributed by atoms with Crippen LogP contribution in [-0.4, -0.2) is 12.0 Å². The summed E-state index contributed by atoms with van der Waals surface area (Å²) in [7, 11) is 0. The lowest BCUT2D eigenvalue weighted by Gasteiger charge is -1.67. The third kappa shape index (κ3) is 3.84. The Kier molecular flexibility index (Phi) is 3.72. The highest BCUT2D eigenvalue weighted by molar-refractivity contribution is 7.98. The Morgan fingerprint density at radius 3 is 2.60 bits per heavy atom. The predicted octanol–water partition coefficient (Wildman–Crippen LogP) is 0.873. The number of hydrogen-bond acceptors (Lipinski definition) is 2. The van der Waals surface area contributed by atoms with Crippen LogP contribution in [0.25, 0.3) is 0 Å². The van der Waals surface area contributed by atoms with Crippen LogP contribution in [0.3, 0.4) is 0 Å². The van der Waals surface area contributed by atoms with Gasteiger partial charge in [-0.3, -0.25) is 0 Å². The third-order valence-electron chi connectivity index (χ3n) is 0.209. The van der Waals surface area contributed by atoms with Gasteiger partial charge in [0.15, 0.2) is 0 Å². The second-order valence-corrected chi connectivity index (χ2v) is 1.46. The van der Waals surface area contributed by atoms with Crippen LogP contribution in [0, 0.1) is 11.3 Å². The summed E-state index contributed by atoms with van der Waals surface area (Å²) in [5, 5.41) is 7.80. The molecule has 0 aliphatic rings. The average molecular weight is 87.1 g/mol. The van der Waals surface area contributed by atoms with Crippen molar-refractivity contribution in [2.75, 3.05) is 12.0 Å². The molecule has 0 N–H and O–H groups in total. The van der Waals surface area contributed by atoms with Gasteiger partial charge >= 0.3 is 0 Å². The van der Waals surface area contributed by atoms with Gasteiger partial charge in [0, 0.05) is 0 Å². The molecule has 0 aliphatic heterocycles. The lowest BCUT2D eigenvalue weighted by molar-refractivity contribution is 1.50. The highest BCUT2D eigenvalue weighted by Gasteiger charge is 1.64. The smallest absolute Gasteiger partial charge is 0.0805 e. The minimum absolute atomic E-state index is 0.611. The molecular weight excluding hydrogens is 82.1 g/mol. The molecule has 2 heteroatoms. The van der Waals surface area contributed by atoms with Crippen LogP contribution >= 0.6 is 11.8 Å². The average Bonchev–Trinajstić information content (AvgIpc) is 1.41. The van der Waals surface area contributed by atoms with Crippen molar-refractivity contribution in [1.82, 2.24) is 0 Å². The van der Waals surface area contributed by atoms with Gasteiger partial charge < -0.3 is 0 Å². The molecule has 0 heterocycles. The number of hydrogen-bond donors (Lipinski definition) is 0. The fourth-order valence-corrected chi connectivity index (χ4v) is 0.194. The summed E-state index contributed by atoms with van der Waals surface area (Å²) < 4.78 is 0. The first-order valence-corrected chi connectivity index (χ1v) is 2.67. The first-order chi connectivity index (χ1) is 2.41. The first-order valence-electron chi connectivity index (χ1n) is 1.27. The van der Waals surface area contributed by atoms with Gasteiger partial charge in [-0.2, -0.15) is 17.0 Å². The zero-order valence-corrected chi connectivity index (χ0v) is 3.88. The van der Waals surface area contributed by atoms with Crippen molar-refractivity contribution in [3.63, 3.8) is 0 Å². The van der Waals surface area contributed by atoms with Crippen LogP contribution in [0.15, 0.2) is 0 Å². The maximum Gasteiger partial charge on any atom is 0.0805 e. The number of nitriles is 1. The van der Waals surface area contributed by atoms with Crippen LogP contribution in [0.5, 0.6) is 0 Å². The molecule has 0 rings (SSSR count). The minimum Gasteiger partial charge on any atom is -0.197 e. The zero-order valence-electron chi connectivity index (χ0n) is 3.06. The van der Waals surface area contributed by atoms with Crippen LogP contribution in [0.4, 0.5) is 0 Å². The lowest BCUT2D eigenvalue weighted by Crippen LogP contribution is -1.59. The molecule has 1 nitrogen and oxygen atoms in total. The van der Waals surface area contributed by atoms with E-state index in [0.29, 0.717) is 5.75 Å². The van der Waals surface area contributed by atoms with Crippen molar-refractivity contribution in [3.05, 3.63) is 0 Å². The Balaban J connectivity index is 2.48. The van der Waals surface area contributed by atoms with E-state index in [1.807, 2.05) is 12.3 Å². The van der Waals surface area contributed by atoms with Gasteiger partial charge in [-0.1, -0.05) is 0 Å². The zero-order chi connectivity index (χ0) is 4.12. The van der Waals surface area contributed by atoms with E-state index in [-0.39, 0.29) is 0 Å². The summed E-state index contributed by atoms with van der Waals surface area (Å²) in [6.45, 7) is 0.